The van der Waals surface area contributed by atoms with Gasteiger partial charge in [0.2, 0.25) is 5.78 Å². The minimum atomic E-state index is -0.354. The molecule has 0 radical (unpaired) electrons. The zero-order valence-electron chi connectivity index (χ0n) is 7.77. The summed E-state index contributed by atoms with van der Waals surface area (Å²) in [6.45, 7) is 0.685. The summed E-state index contributed by atoms with van der Waals surface area (Å²) in [5.74, 6) is -0.508. The van der Waals surface area contributed by atoms with Gasteiger partial charge in [0, 0.05) is 12.0 Å². The van der Waals surface area contributed by atoms with Crippen molar-refractivity contribution in [2.75, 3.05) is 6.54 Å². The Bertz CT molecular complexity index is 236. The highest BCUT2D eigenvalue weighted by Gasteiger charge is 2.44. The fourth-order valence-corrected chi connectivity index (χ4v) is 2.56. The normalized spacial score (nSPS) is 27.4. The molecular weight excluding hydrogens is 166 g/mol. The molecule has 0 aromatic heterocycles. The largest absolute Gasteiger partial charge is 0.349 e. The van der Waals surface area contributed by atoms with E-state index in [4.69, 9.17) is 0 Å². The van der Waals surface area contributed by atoms with Gasteiger partial charge >= 0.3 is 0 Å². The first-order valence-corrected chi connectivity index (χ1v) is 5.07. The SMILES string of the molecule is O=C1NCCC2(CCCCC2)C1=O. The van der Waals surface area contributed by atoms with E-state index >= 15 is 0 Å². The Balaban J connectivity index is 2.18. The van der Waals surface area contributed by atoms with E-state index in [-0.39, 0.29) is 17.1 Å². The molecule has 3 nitrogen and oxygen atoms in total. The maximum absolute atomic E-state index is 11.7. The number of ketones is 1. The molecular formula is C10H15NO2. The first kappa shape index (κ1) is 8.73. The molecule has 1 heterocycles. The Morgan fingerprint density at radius 2 is 1.69 bits per heavy atom. The van der Waals surface area contributed by atoms with Crippen molar-refractivity contribution < 1.29 is 9.59 Å². The molecule has 1 spiro atoms. The van der Waals surface area contributed by atoms with E-state index in [1.807, 2.05) is 0 Å². The molecule has 1 aliphatic carbocycles. The zero-order chi connectivity index (χ0) is 9.31. The van der Waals surface area contributed by atoms with Gasteiger partial charge in [-0.25, -0.2) is 0 Å². The van der Waals surface area contributed by atoms with Crippen LogP contribution in [0.25, 0.3) is 0 Å². The quantitative estimate of drug-likeness (QED) is 0.567. The van der Waals surface area contributed by atoms with Crippen LogP contribution in [0.1, 0.15) is 38.5 Å². The molecule has 0 bridgehead atoms. The van der Waals surface area contributed by atoms with E-state index in [1.165, 1.54) is 6.42 Å². The summed E-state index contributed by atoms with van der Waals surface area (Å²) in [5.41, 5.74) is -0.263. The van der Waals surface area contributed by atoms with Crippen LogP contribution in [-0.4, -0.2) is 18.2 Å². The van der Waals surface area contributed by atoms with Gasteiger partial charge in [-0.15, -0.1) is 0 Å². The van der Waals surface area contributed by atoms with Crippen molar-refractivity contribution in [2.45, 2.75) is 38.5 Å². The summed E-state index contributed by atoms with van der Waals surface area (Å²) >= 11 is 0. The highest BCUT2D eigenvalue weighted by Crippen LogP contribution is 2.41. The molecule has 1 amide bonds. The van der Waals surface area contributed by atoms with Crippen molar-refractivity contribution in [3.63, 3.8) is 0 Å². The molecule has 1 N–H and O–H groups in total. The fourth-order valence-electron chi connectivity index (χ4n) is 2.56. The predicted molar refractivity (Wildman–Crippen MR) is 48.2 cm³/mol. The second-order valence-electron chi connectivity index (χ2n) is 4.18. The Morgan fingerprint density at radius 1 is 1.00 bits per heavy atom. The fraction of sp³-hybridized carbons (Fsp3) is 0.800. The third-order valence-corrected chi connectivity index (χ3v) is 3.39. The molecule has 0 unspecified atom stereocenters. The number of hydrogen-bond donors (Lipinski definition) is 1. The van der Waals surface area contributed by atoms with Gasteiger partial charge in [-0.3, -0.25) is 9.59 Å². The van der Waals surface area contributed by atoms with Crippen molar-refractivity contribution in [2.24, 2.45) is 5.41 Å². The van der Waals surface area contributed by atoms with E-state index in [9.17, 15) is 9.59 Å². The Labute approximate surface area is 77.9 Å². The standard InChI is InChI=1S/C10H15NO2/c12-8-9(13)11-7-6-10(8)4-2-1-3-5-10/h1-7H2,(H,11,13). The van der Waals surface area contributed by atoms with E-state index < -0.39 is 0 Å². The van der Waals surface area contributed by atoms with Crippen LogP contribution in [0.5, 0.6) is 0 Å². The number of rotatable bonds is 0. The monoisotopic (exact) mass is 181 g/mol. The van der Waals surface area contributed by atoms with Gasteiger partial charge in [-0.05, 0) is 19.3 Å². The zero-order valence-corrected chi connectivity index (χ0v) is 7.77. The van der Waals surface area contributed by atoms with Crippen LogP contribution in [0.4, 0.5) is 0 Å². The average Bonchev–Trinajstić information content (AvgIpc) is 2.16. The summed E-state index contributed by atoms with van der Waals surface area (Å²) in [7, 11) is 0. The van der Waals surface area contributed by atoms with Gasteiger partial charge < -0.3 is 5.32 Å². The average molecular weight is 181 g/mol. The third-order valence-electron chi connectivity index (χ3n) is 3.39. The lowest BCUT2D eigenvalue weighted by atomic mass is 9.67. The van der Waals surface area contributed by atoms with Crippen molar-refractivity contribution in [1.82, 2.24) is 5.32 Å². The van der Waals surface area contributed by atoms with Crippen LogP contribution in [0.15, 0.2) is 0 Å². The maximum Gasteiger partial charge on any atom is 0.287 e. The van der Waals surface area contributed by atoms with Crippen molar-refractivity contribution in [1.29, 1.82) is 0 Å². The summed E-state index contributed by atoms with van der Waals surface area (Å²) in [6, 6.07) is 0. The smallest absolute Gasteiger partial charge is 0.287 e. The number of carbonyl (C=O) groups excluding carboxylic acids is 2. The van der Waals surface area contributed by atoms with Gasteiger partial charge in [-0.2, -0.15) is 0 Å². The van der Waals surface area contributed by atoms with Crippen molar-refractivity contribution in [3.8, 4) is 0 Å². The molecule has 1 aliphatic heterocycles. The third kappa shape index (κ3) is 1.36. The predicted octanol–water partition coefficient (Wildman–Crippen LogP) is 1.03. The highest BCUT2D eigenvalue weighted by molar-refractivity contribution is 6.38. The summed E-state index contributed by atoms with van der Waals surface area (Å²) in [6.07, 6.45) is 6.16. The number of carbonyl (C=O) groups is 2. The first-order chi connectivity index (χ1) is 6.25. The molecule has 0 aromatic carbocycles. The molecule has 1 saturated carbocycles. The van der Waals surface area contributed by atoms with E-state index in [0.29, 0.717) is 6.54 Å². The minimum Gasteiger partial charge on any atom is -0.349 e. The Kier molecular flexibility index (Phi) is 2.10. The number of amides is 1. The molecule has 2 aliphatic rings. The lowest BCUT2D eigenvalue weighted by molar-refractivity contribution is -0.148. The highest BCUT2D eigenvalue weighted by atomic mass is 16.2. The van der Waals surface area contributed by atoms with Gasteiger partial charge in [0.05, 0.1) is 0 Å². The van der Waals surface area contributed by atoms with Gasteiger partial charge in [0.1, 0.15) is 0 Å². The van der Waals surface area contributed by atoms with Crippen LogP contribution in [-0.2, 0) is 9.59 Å². The molecule has 3 heteroatoms. The molecule has 0 atom stereocenters. The van der Waals surface area contributed by atoms with Crippen LogP contribution in [0.3, 0.4) is 0 Å². The van der Waals surface area contributed by atoms with Crippen molar-refractivity contribution in [3.05, 3.63) is 0 Å². The first-order valence-electron chi connectivity index (χ1n) is 5.07. The van der Waals surface area contributed by atoms with Crippen LogP contribution < -0.4 is 5.32 Å². The Morgan fingerprint density at radius 3 is 2.38 bits per heavy atom. The summed E-state index contributed by atoms with van der Waals surface area (Å²) in [5, 5.41) is 2.61. The number of nitrogens with one attached hydrogen (secondary N) is 1. The second kappa shape index (κ2) is 3.13. The lowest BCUT2D eigenvalue weighted by Crippen LogP contribution is -2.50. The molecule has 72 valence electrons. The molecule has 2 rings (SSSR count). The van der Waals surface area contributed by atoms with E-state index in [0.717, 1.165) is 32.1 Å². The topological polar surface area (TPSA) is 46.2 Å². The molecule has 13 heavy (non-hydrogen) atoms. The molecule has 0 aromatic rings. The summed E-state index contributed by atoms with van der Waals surface area (Å²) < 4.78 is 0. The van der Waals surface area contributed by atoms with Gasteiger partial charge in [-0.1, -0.05) is 19.3 Å². The van der Waals surface area contributed by atoms with Crippen LogP contribution in [0.2, 0.25) is 0 Å². The van der Waals surface area contributed by atoms with Gasteiger partial charge in [0.15, 0.2) is 0 Å². The van der Waals surface area contributed by atoms with E-state index in [2.05, 4.69) is 5.32 Å². The number of Topliss-reactive ketones (excluding diaryl/α,β-unsaturated/α-hetero) is 1. The van der Waals surface area contributed by atoms with Crippen molar-refractivity contribution >= 4 is 11.7 Å². The lowest BCUT2D eigenvalue weighted by Gasteiger charge is -2.38. The number of piperidine rings is 1. The maximum atomic E-state index is 11.7. The van der Waals surface area contributed by atoms with Crippen LogP contribution >= 0.6 is 0 Å². The molecule has 1 saturated heterocycles. The summed E-state index contributed by atoms with van der Waals surface area (Å²) in [4.78, 5) is 22.9. The van der Waals surface area contributed by atoms with Gasteiger partial charge in [0.25, 0.3) is 5.91 Å². The molecule has 2 fully saturated rings. The second-order valence-corrected chi connectivity index (χ2v) is 4.18. The number of hydrogen-bond acceptors (Lipinski definition) is 2. The minimum absolute atomic E-state index is 0.154. The van der Waals surface area contributed by atoms with Crippen LogP contribution in [0, 0.1) is 5.41 Å². The van der Waals surface area contributed by atoms with E-state index in [1.54, 1.807) is 0 Å². The Hall–Kier alpha value is -0.860.